The predicted octanol–water partition coefficient (Wildman–Crippen LogP) is 3.03. The van der Waals surface area contributed by atoms with Crippen LogP contribution in [0.4, 0.5) is 0 Å². The Balaban J connectivity index is 1.63. The standard InChI is InChI=1S/C20H24N4O3S/c1-3-5-19-22-18-6-4-12-21-20(18)24(19)15-11-13-23(14-15)28(25,26)17-9-7-16(27-2)8-10-17/h4,6-10,12,15H,3,5,11,13-14H2,1-2H3/t15-/m1/s1. The molecular weight excluding hydrogens is 376 g/mol. The van der Waals surface area contributed by atoms with Crippen molar-refractivity contribution in [1.82, 2.24) is 18.8 Å². The van der Waals surface area contributed by atoms with E-state index >= 15 is 0 Å². The van der Waals surface area contributed by atoms with E-state index in [1.807, 2.05) is 12.1 Å². The van der Waals surface area contributed by atoms with Gasteiger partial charge in [-0.1, -0.05) is 6.92 Å². The Bertz CT molecular complexity index is 1080. The molecule has 1 aromatic carbocycles. The molecule has 0 N–H and O–H groups in total. The van der Waals surface area contributed by atoms with Crippen LogP contribution in [-0.2, 0) is 16.4 Å². The third-order valence-corrected chi connectivity index (χ3v) is 7.06. The van der Waals surface area contributed by atoms with Crippen molar-refractivity contribution in [3.8, 4) is 5.75 Å². The van der Waals surface area contributed by atoms with Gasteiger partial charge in [-0.25, -0.2) is 18.4 Å². The van der Waals surface area contributed by atoms with Gasteiger partial charge in [-0.2, -0.15) is 4.31 Å². The molecule has 0 saturated carbocycles. The number of nitrogens with zero attached hydrogens (tertiary/aromatic N) is 4. The van der Waals surface area contributed by atoms with Gasteiger partial charge in [-0.3, -0.25) is 0 Å². The van der Waals surface area contributed by atoms with Gasteiger partial charge in [-0.05, 0) is 49.2 Å². The summed E-state index contributed by atoms with van der Waals surface area (Å²) in [6, 6.07) is 10.4. The number of benzene rings is 1. The molecule has 0 radical (unpaired) electrons. The second-order valence-corrected chi connectivity index (χ2v) is 8.91. The van der Waals surface area contributed by atoms with E-state index in [-0.39, 0.29) is 10.9 Å². The normalized spacial score (nSPS) is 18.0. The van der Waals surface area contributed by atoms with Gasteiger partial charge in [0.2, 0.25) is 10.0 Å². The molecule has 28 heavy (non-hydrogen) atoms. The minimum Gasteiger partial charge on any atom is -0.497 e. The third-order valence-electron chi connectivity index (χ3n) is 5.18. The summed E-state index contributed by atoms with van der Waals surface area (Å²) >= 11 is 0. The first-order valence-electron chi connectivity index (χ1n) is 9.50. The summed E-state index contributed by atoms with van der Waals surface area (Å²) in [4.78, 5) is 9.53. The van der Waals surface area contributed by atoms with Crippen molar-refractivity contribution in [2.75, 3.05) is 20.2 Å². The van der Waals surface area contributed by atoms with E-state index in [4.69, 9.17) is 9.72 Å². The highest BCUT2D eigenvalue weighted by Gasteiger charge is 2.35. The van der Waals surface area contributed by atoms with Crippen LogP contribution in [0, 0.1) is 0 Å². The number of methoxy groups -OCH3 is 1. The van der Waals surface area contributed by atoms with Crippen LogP contribution < -0.4 is 4.74 Å². The Morgan fingerprint density at radius 1 is 1.21 bits per heavy atom. The van der Waals surface area contributed by atoms with Crippen molar-refractivity contribution in [2.24, 2.45) is 0 Å². The van der Waals surface area contributed by atoms with Gasteiger partial charge in [-0.15, -0.1) is 0 Å². The number of aromatic nitrogens is 3. The summed E-state index contributed by atoms with van der Waals surface area (Å²) in [7, 11) is -1.98. The summed E-state index contributed by atoms with van der Waals surface area (Å²) < 4.78 is 35.0. The Kier molecular flexibility index (Phi) is 5.07. The van der Waals surface area contributed by atoms with Crippen LogP contribution in [-0.4, -0.2) is 47.5 Å². The Morgan fingerprint density at radius 2 is 2.00 bits per heavy atom. The molecule has 8 heteroatoms. The van der Waals surface area contributed by atoms with Crippen LogP contribution in [0.15, 0.2) is 47.5 Å². The van der Waals surface area contributed by atoms with Gasteiger partial charge in [0, 0.05) is 25.7 Å². The highest BCUT2D eigenvalue weighted by Crippen LogP contribution is 2.31. The van der Waals surface area contributed by atoms with E-state index in [1.54, 1.807) is 41.9 Å². The summed E-state index contributed by atoms with van der Waals surface area (Å²) in [5.41, 5.74) is 1.70. The smallest absolute Gasteiger partial charge is 0.243 e. The van der Waals surface area contributed by atoms with Gasteiger partial charge in [0.15, 0.2) is 5.65 Å². The van der Waals surface area contributed by atoms with Crippen molar-refractivity contribution in [2.45, 2.75) is 37.1 Å². The minimum atomic E-state index is -3.54. The van der Waals surface area contributed by atoms with E-state index in [9.17, 15) is 8.42 Å². The fraction of sp³-hybridized carbons (Fsp3) is 0.400. The molecule has 1 saturated heterocycles. The Hall–Kier alpha value is -2.45. The number of hydrogen-bond donors (Lipinski definition) is 0. The molecule has 0 amide bonds. The van der Waals surface area contributed by atoms with Crippen LogP contribution in [0.25, 0.3) is 11.2 Å². The maximum Gasteiger partial charge on any atom is 0.243 e. The van der Waals surface area contributed by atoms with Gasteiger partial charge in [0.1, 0.15) is 17.1 Å². The highest BCUT2D eigenvalue weighted by atomic mass is 32.2. The number of imidazole rings is 1. The first kappa shape index (κ1) is 18.9. The quantitative estimate of drug-likeness (QED) is 0.636. The maximum absolute atomic E-state index is 13.1. The number of ether oxygens (including phenoxy) is 1. The van der Waals surface area contributed by atoms with Crippen molar-refractivity contribution < 1.29 is 13.2 Å². The zero-order valence-electron chi connectivity index (χ0n) is 16.1. The molecule has 2 aromatic heterocycles. The van der Waals surface area contributed by atoms with Crippen LogP contribution >= 0.6 is 0 Å². The summed E-state index contributed by atoms with van der Waals surface area (Å²) in [5.74, 6) is 1.61. The van der Waals surface area contributed by atoms with Gasteiger partial charge in [0.05, 0.1) is 18.0 Å². The minimum absolute atomic E-state index is 0.0365. The molecular formula is C20H24N4O3S. The third kappa shape index (κ3) is 3.27. The van der Waals surface area contributed by atoms with E-state index < -0.39 is 10.0 Å². The maximum atomic E-state index is 13.1. The molecule has 7 nitrogen and oxygen atoms in total. The van der Waals surface area contributed by atoms with Crippen LogP contribution in [0.3, 0.4) is 0 Å². The molecule has 0 bridgehead atoms. The van der Waals surface area contributed by atoms with Crippen molar-refractivity contribution in [1.29, 1.82) is 0 Å². The lowest BCUT2D eigenvalue weighted by Crippen LogP contribution is -2.29. The molecule has 1 atom stereocenters. The highest BCUT2D eigenvalue weighted by molar-refractivity contribution is 7.89. The topological polar surface area (TPSA) is 77.3 Å². The Labute approximate surface area is 165 Å². The van der Waals surface area contributed by atoms with Gasteiger partial charge >= 0.3 is 0 Å². The number of sulfonamides is 1. The lowest BCUT2D eigenvalue weighted by atomic mass is 10.2. The SMILES string of the molecule is CCCc1nc2cccnc2n1[C@@H]1CCN(S(=O)(=O)c2ccc(OC)cc2)C1. The molecule has 0 unspecified atom stereocenters. The number of rotatable bonds is 6. The molecule has 4 rings (SSSR count). The average Bonchev–Trinajstić information content (AvgIpc) is 3.33. The molecule has 1 fully saturated rings. The molecule has 148 valence electrons. The monoisotopic (exact) mass is 400 g/mol. The fourth-order valence-corrected chi connectivity index (χ4v) is 5.29. The summed E-state index contributed by atoms with van der Waals surface area (Å²) in [6.45, 7) is 3.02. The summed E-state index contributed by atoms with van der Waals surface area (Å²) in [5, 5.41) is 0. The second-order valence-electron chi connectivity index (χ2n) is 6.98. The lowest BCUT2D eigenvalue weighted by molar-refractivity contribution is 0.414. The van der Waals surface area contributed by atoms with Crippen LogP contribution in [0.5, 0.6) is 5.75 Å². The van der Waals surface area contributed by atoms with Crippen molar-refractivity contribution in [3.05, 3.63) is 48.4 Å². The largest absolute Gasteiger partial charge is 0.497 e. The van der Waals surface area contributed by atoms with E-state index in [2.05, 4.69) is 16.5 Å². The van der Waals surface area contributed by atoms with E-state index in [0.717, 1.165) is 36.3 Å². The van der Waals surface area contributed by atoms with E-state index in [1.165, 1.54) is 0 Å². The molecule has 3 heterocycles. The zero-order chi connectivity index (χ0) is 19.7. The number of hydrogen-bond acceptors (Lipinski definition) is 5. The Morgan fingerprint density at radius 3 is 2.71 bits per heavy atom. The molecule has 0 aliphatic carbocycles. The predicted molar refractivity (Wildman–Crippen MR) is 107 cm³/mol. The zero-order valence-corrected chi connectivity index (χ0v) is 16.9. The number of fused-ring (bicyclic) bond motifs is 1. The van der Waals surface area contributed by atoms with Crippen molar-refractivity contribution in [3.63, 3.8) is 0 Å². The lowest BCUT2D eigenvalue weighted by Gasteiger charge is -2.19. The summed E-state index contributed by atoms with van der Waals surface area (Å²) in [6.07, 6.45) is 4.33. The first-order valence-corrected chi connectivity index (χ1v) is 10.9. The van der Waals surface area contributed by atoms with Crippen LogP contribution in [0.1, 0.15) is 31.6 Å². The first-order chi connectivity index (χ1) is 13.5. The molecule has 1 aliphatic rings. The average molecular weight is 401 g/mol. The molecule has 0 spiro atoms. The fourth-order valence-electron chi connectivity index (χ4n) is 3.80. The molecule has 3 aromatic rings. The van der Waals surface area contributed by atoms with Crippen LogP contribution in [0.2, 0.25) is 0 Å². The molecule has 1 aliphatic heterocycles. The number of pyridine rings is 1. The van der Waals surface area contributed by atoms with Gasteiger partial charge in [0.25, 0.3) is 0 Å². The second kappa shape index (κ2) is 7.52. The number of aryl methyl sites for hydroxylation is 1. The van der Waals surface area contributed by atoms with E-state index in [0.29, 0.717) is 18.8 Å². The van der Waals surface area contributed by atoms with Crippen molar-refractivity contribution >= 4 is 21.2 Å². The van der Waals surface area contributed by atoms with Gasteiger partial charge < -0.3 is 9.30 Å².